The summed E-state index contributed by atoms with van der Waals surface area (Å²) in [4.78, 5) is 38.2. The van der Waals surface area contributed by atoms with E-state index in [-0.39, 0.29) is 29.2 Å². The molecule has 4 rings (SSSR count). The summed E-state index contributed by atoms with van der Waals surface area (Å²) < 4.78 is 11.9. The largest absolute Gasteiger partial charge is 0.497 e. The number of hydrogen-bond acceptors (Lipinski definition) is 7. The van der Waals surface area contributed by atoms with Gasteiger partial charge in [-0.1, -0.05) is 18.2 Å². The molecule has 1 amide bonds. The number of non-ortho nitro benzene ring substituents is 1. The first-order valence-electron chi connectivity index (χ1n) is 11.4. The molecule has 1 aromatic heterocycles. The van der Waals surface area contributed by atoms with Crippen molar-refractivity contribution in [2.75, 3.05) is 26.8 Å². The zero-order chi connectivity index (χ0) is 24.9. The van der Waals surface area contributed by atoms with E-state index >= 15 is 0 Å². The molecule has 1 aliphatic heterocycles. The lowest BCUT2D eigenvalue weighted by Crippen LogP contribution is -2.41. The Kier molecular flexibility index (Phi) is 7.09. The second-order valence-electron chi connectivity index (χ2n) is 8.15. The molecule has 1 fully saturated rings. The molecule has 0 N–H and O–H groups in total. The van der Waals surface area contributed by atoms with E-state index in [2.05, 4.69) is 5.10 Å². The minimum absolute atomic E-state index is 0.102. The van der Waals surface area contributed by atoms with E-state index in [0.717, 1.165) is 5.56 Å². The molecule has 2 heterocycles. The molecular formula is C25H26N4O6. The molecule has 0 bridgehead atoms. The summed E-state index contributed by atoms with van der Waals surface area (Å²) in [5.41, 5.74) is 1.84. The van der Waals surface area contributed by atoms with Crippen LogP contribution in [0.2, 0.25) is 0 Å². The van der Waals surface area contributed by atoms with Gasteiger partial charge in [-0.15, -0.1) is 0 Å². The van der Waals surface area contributed by atoms with E-state index in [1.165, 1.54) is 16.8 Å². The monoisotopic (exact) mass is 478 g/mol. The Morgan fingerprint density at radius 2 is 1.86 bits per heavy atom. The number of methoxy groups -OCH3 is 1. The predicted molar refractivity (Wildman–Crippen MR) is 127 cm³/mol. The van der Waals surface area contributed by atoms with E-state index in [0.29, 0.717) is 49.7 Å². The Balaban J connectivity index is 1.69. The molecule has 10 nitrogen and oxygen atoms in total. The second kappa shape index (κ2) is 10.4. The van der Waals surface area contributed by atoms with Crippen LogP contribution in [0.25, 0.3) is 16.9 Å². The number of nitro groups is 1. The van der Waals surface area contributed by atoms with Crippen LogP contribution in [0.5, 0.6) is 5.75 Å². The highest BCUT2D eigenvalue weighted by molar-refractivity contribution is 5.94. The van der Waals surface area contributed by atoms with Crippen LogP contribution in [0.15, 0.2) is 54.6 Å². The number of nitrogens with zero attached hydrogens (tertiary/aromatic N) is 4. The summed E-state index contributed by atoms with van der Waals surface area (Å²) in [6.07, 6.45) is 1.02. The first-order valence-corrected chi connectivity index (χ1v) is 11.4. The number of carbonyl (C=O) groups is 2. The number of piperidine rings is 1. The Morgan fingerprint density at radius 3 is 2.54 bits per heavy atom. The standard InChI is InChI=1S/C25H26N4O6/c1-3-35-25(31)17-10-12-27(13-11-17)24(30)23-16-22(18-6-4-9-21(14-18)34-2)26-28(23)19-7-5-8-20(15-19)29(32)33/h4-9,14-17H,3,10-13H2,1-2H3. The molecule has 0 aliphatic carbocycles. The van der Waals surface area contributed by atoms with Gasteiger partial charge in [-0.2, -0.15) is 5.10 Å². The highest BCUT2D eigenvalue weighted by atomic mass is 16.6. The summed E-state index contributed by atoms with van der Waals surface area (Å²) >= 11 is 0. The number of rotatable bonds is 7. The van der Waals surface area contributed by atoms with Gasteiger partial charge in [-0.05, 0) is 44.0 Å². The summed E-state index contributed by atoms with van der Waals surface area (Å²) in [5, 5.41) is 16.0. The van der Waals surface area contributed by atoms with E-state index in [4.69, 9.17) is 9.47 Å². The van der Waals surface area contributed by atoms with Crippen molar-refractivity contribution in [1.82, 2.24) is 14.7 Å². The number of aromatic nitrogens is 2. The van der Waals surface area contributed by atoms with Gasteiger partial charge in [0.1, 0.15) is 11.4 Å². The molecule has 35 heavy (non-hydrogen) atoms. The maximum Gasteiger partial charge on any atom is 0.309 e. The lowest BCUT2D eigenvalue weighted by Gasteiger charge is -2.30. The van der Waals surface area contributed by atoms with Crippen molar-refractivity contribution in [2.45, 2.75) is 19.8 Å². The summed E-state index contributed by atoms with van der Waals surface area (Å²) in [6.45, 7) is 2.90. The maximum atomic E-state index is 13.6. The number of ether oxygens (including phenoxy) is 2. The van der Waals surface area contributed by atoms with Gasteiger partial charge in [0.25, 0.3) is 11.6 Å². The van der Waals surface area contributed by atoms with Crippen LogP contribution in [0.1, 0.15) is 30.3 Å². The average molecular weight is 479 g/mol. The van der Waals surface area contributed by atoms with Crippen molar-refractivity contribution in [1.29, 1.82) is 0 Å². The molecular weight excluding hydrogens is 452 g/mol. The van der Waals surface area contributed by atoms with Crippen molar-refractivity contribution in [3.05, 3.63) is 70.4 Å². The number of amides is 1. The third-order valence-corrected chi connectivity index (χ3v) is 5.98. The topological polar surface area (TPSA) is 117 Å². The highest BCUT2D eigenvalue weighted by Gasteiger charge is 2.31. The van der Waals surface area contributed by atoms with Gasteiger partial charge in [0, 0.05) is 30.8 Å². The number of benzene rings is 2. The molecule has 0 spiro atoms. The molecule has 1 saturated heterocycles. The van der Waals surface area contributed by atoms with E-state index in [9.17, 15) is 19.7 Å². The quantitative estimate of drug-likeness (QED) is 0.287. The molecule has 1 aliphatic rings. The fourth-order valence-electron chi connectivity index (χ4n) is 4.13. The molecule has 10 heteroatoms. The predicted octanol–water partition coefficient (Wildman–Crippen LogP) is 3.87. The van der Waals surface area contributed by atoms with Gasteiger partial charge in [-0.25, -0.2) is 4.68 Å². The number of carbonyl (C=O) groups excluding carboxylic acids is 2. The van der Waals surface area contributed by atoms with E-state index < -0.39 is 4.92 Å². The van der Waals surface area contributed by atoms with Crippen LogP contribution in [0.3, 0.4) is 0 Å². The summed E-state index contributed by atoms with van der Waals surface area (Å²) in [7, 11) is 1.57. The zero-order valence-electron chi connectivity index (χ0n) is 19.5. The molecule has 2 aromatic carbocycles. The number of likely N-dealkylation sites (tertiary alicyclic amines) is 1. The van der Waals surface area contributed by atoms with Gasteiger partial charge >= 0.3 is 5.97 Å². The van der Waals surface area contributed by atoms with Crippen molar-refractivity contribution in [3.63, 3.8) is 0 Å². The Morgan fingerprint density at radius 1 is 1.11 bits per heavy atom. The molecule has 0 saturated carbocycles. The lowest BCUT2D eigenvalue weighted by atomic mass is 9.97. The highest BCUT2D eigenvalue weighted by Crippen LogP contribution is 2.28. The Labute approximate surface area is 202 Å². The summed E-state index contributed by atoms with van der Waals surface area (Å²) in [5.74, 6) is -0.0867. The van der Waals surface area contributed by atoms with Gasteiger partial charge in [-0.3, -0.25) is 19.7 Å². The van der Waals surface area contributed by atoms with Crippen LogP contribution >= 0.6 is 0 Å². The average Bonchev–Trinajstić information content (AvgIpc) is 3.34. The smallest absolute Gasteiger partial charge is 0.309 e. The SMILES string of the molecule is CCOC(=O)C1CCN(C(=O)c2cc(-c3cccc(OC)c3)nn2-c2cccc([N+](=O)[O-])c2)CC1. The fourth-order valence-corrected chi connectivity index (χ4v) is 4.13. The van der Waals surface area contributed by atoms with E-state index in [1.807, 2.05) is 12.1 Å². The first-order chi connectivity index (χ1) is 16.9. The normalized spacial score (nSPS) is 13.9. The summed E-state index contributed by atoms with van der Waals surface area (Å²) in [6, 6.07) is 14.9. The second-order valence-corrected chi connectivity index (χ2v) is 8.15. The zero-order valence-corrected chi connectivity index (χ0v) is 19.5. The molecule has 0 radical (unpaired) electrons. The van der Waals surface area contributed by atoms with E-state index in [1.54, 1.807) is 49.3 Å². The molecule has 182 valence electrons. The minimum atomic E-state index is -0.488. The molecule has 3 aromatic rings. The van der Waals surface area contributed by atoms with Crippen LogP contribution in [-0.4, -0.2) is 58.3 Å². The molecule has 0 unspecified atom stereocenters. The Bertz CT molecular complexity index is 1250. The van der Waals surface area contributed by atoms with Gasteiger partial charge in [0.2, 0.25) is 0 Å². The van der Waals surface area contributed by atoms with Crippen LogP contribution in [0, 0.1) is 16.0 Å². The van der Waals surface area contributed by atoms with Crippen LogP contribution in [0.4, 0.5) is 5.69 Å². The van der Waals surface area contributed by atoms with Crippen molar-refractivity contribution in [3.8, 4) is 22.7 Å². The minimum Gasteiger partial charge on any atom is -0.497 e. The number of esters is 1. The maximum absolute atomic E-state index is 13.6. The number of hydrogen-bond donors (Lipinski definition) is 0. The number of nitro benzene ring substituents is 1. The first kappa shape index (κ1) is 23.9. The van der Waals surface area contributed by atoms with Crippen LogP contribution in [-0.2, 0) is 9.53 Å². The third-order valence-electron chi connectivity index (χ3n) is 5.98. The van der Waals surface area contributed by atoms with Crippen LogP contribution < -0.4 is 4.74 Å². The van der Waals surface area contributed by atoms with Gasteiger partial charge in [0.05, 0.1) is 35.9 Å². The Hall–Kier alpha value is -4.21. The van der Waals surface area contributed by atoms with Gasteiger partial charge < -0.3 is 14.4 Å². The third kappa shape index (κ3) is 5.16. The lowest BCUT2D eigenvalue weighted by molar-refractivity contribution is -0.384. The fraction of sp³-hybridized carbons (Fsp3) is 0.320. The molecule has 0 atom stereocenters. The van der Waals surface area contributed by atoms with Crippen molar-refractivity contribution in [2.24, 2.45) is 5.92 Å². The van der Waals surface area contributed by atoms with Gasteiger partial charge in [0.15, 0.2) is 0 Å². The van der Waals surface area contributed by atoms with Crippen molar-refractivity contribution < 1.29 is 24.0 Å². The van der Waals surface area contributed by atoms with Crippen molar-refractivity contribution >= 4 is 17.6 Å².